The van der Waals surface area contributed by atoms with Gasteiger partial charge in [-0.05, 0) is 45.7 Å². The van der Waals surface area contributed by atoms with Gasteiger partial charge >= 0.3 is 6.09 Å². The van der Waals surface area contributed by atoms with Gasteiger partial charge in [0.15, 0.2) is 0 Å². The monoisotopic (exact) mass is 335 g/mol. The van der Waals surface area contributed by atoms with Crippen LogP contribution in [0, 0.1) is 5.82 Å². The number of anilines is 1. The van der Waals surface area contributed by atoms with Crippen LogP contribution in [0.1, 0.15) is 33.6 Å². The third-order valence-corrected chi connectivity index (χ3v) is 3.65. The fraction of sp³-hybridized carbons (Fsp3) is 0.529. The number of aliphatic imine (C=N–C) groups is 1. The lowest BCUT2D eigenvalue weighted by Crippen LogP contribution is -2.44. The molecule has 0 saturated carbocycles. The van der Waals surface area contributed by atoms with Crippen LogP contribution in [0.15, 0.2) is 23.2 Å². The molecule has 130 valence electrons. The number of carbonyl (C=O) groups is 1. The number of nitrogens with one attached hydrogen (secondary N) is 1. The summed E-state index contributed by atoms with van der Waals surface area (Å²) in [6.07, 6.45) is 2.40. The maximum atomic E-state index is 14.0. The zero-order valence-corrected chi connectivity index (χ0v) is 14.1. The van der Waals surface area contributed by atoms with E-state index in [0.29, 0.717) is 25.9 Å². The zero-order valence-electron chi connectivity index (χ0n) is 14.1. The molecule has 24 heavy (non-hydrogen) atoms. The summed E-state index contributed by atoms with van der Waals surface area (Å²) in [5, 5.41) is 3.08. The van der Waals surface area contributed by atoms with Gasteiger partial charge in [-0.3, -0.25) is 0 Å². The Hall–Kier alpha value is -2.40. The Kier molecular flexibility index (Phi) is 5.57. The van der Waals surface area contributed by atoms with Gasteiger partial charge in [-0.25, -0.2) is 14.0 Å². The number of piperidine rings is 1. The molecule has 0 aromatic heterocycles. The molecular weight excluding hydrogens is 313 g/mol. The predicted octanol–water partition coefficient (Wildman–Crippen LogP) is 3.60. The second-order valence-corrected chi connectivity index (χ2v) is 6.72. The lowest BCUT2D eigenvalue weighted by molar-refractivity contribution is 0.0210. The van der Waals surface area contributed by atoms with Gasteiger partial charge in [0.05, 0.1) is 5.69 Å². The molecule has 1 aromatic rings. The number of ether oxygens (including phenoxy) is 1. The lowest BCUT2D eigenvalue weighted by atomic mass is 10.0. The number of hydrogen-bond donors (Lipinski definition) is 1. The Morgan fingerprint density at radius 2 is 2.04 bits per heavy atom. The molecule has 1 aliphatic heterocycles. The van der Waals surface area contributed by atoms with E-state index in [9.17, 15) is 14.0 Å². The molecule has 0 spiro atoms. The fourth-order valence-electron chi connectivity index (χ4n) is 2.53. The first-order chi connectivity index (χ1) is 11.3. The molecule has 6 nitrogen and oxygen atoms in total. The molecule has 7 heteroatoms. The summed E-state index contributed by atoms with van der Waals surface area (Å²) >= 11 is 0. The van der Waals surface area contributed by atoms with Crippen molar-refractivity contribution in [3.05, 3.63) is 24.0 Å². The topological polar surface area (TPSA) is 71.0 Å². The first-order valence-electron chi connectivity index (χ1n) is 7.91. The fourth-order valence-corrected chi connectivity index (χ4v) is 2.53. The second kappa shape index (κ2) is 7.45. The highest BCUT2D eigenvalue weighted by Gasteiger charge is 2.27. The average molecular weight is 335 g/mol. The minimum atomic E-state index is -0.527. The Morgan fingerprint density at radius 3 is 2.62 bits per heavy atom. The van der Waals surface area contributed by atoms with Crippen molar-refractivity contribution in [1.82, 2.24) is 4.90 Å². The normalized spacial score (nSPS) is 15.6. The number of para-hydroxylation sites is 1. The summed E-state index contributed by atoms with van der Waals surface area (Å²) in [6, 6.07) is 4.33. The maximum absolute atomic E-state index is 14.0. The van der Waals surface area contributed by atoms with Gasteiger partial charge in [-0.2, -0.15) is 4.99 Å². The van der Waals surface area contributed by atoms with E-state index in [2.05, 4.69) is 10.3 Å². The van der Waals surface area contributed by atoms with Crippen molar-refractivity contribution in [2.24, 2.45) is 4.99 Å². The van der Waals surface area contributed by atoms with Crippen molar-refractivity contribution in [3.8, 4) is 0 Å². The Bertz CT molecular complexity index is 643. The minimum Gasteiger partial charge on any atom is -0.444 e. The molecule has 0 unspecified atom stereocenters. The average Bonchev–Trinajstić information content (AvgIpc) is 2.50. The zero-order chi connectivity index (χ0) is 17.7. The van der Waals surface area contributed by atoms with E-state index in [1.807, 2.05) is 20.8 Å². The van der Waals surface area contributed by atoms with Gasteiger partial charge in [0, 0.05) is 19.1 Å². The van der Waals surface area contributed by atoms with Gasteiger partial charge in [0.25, 0.3) is 0 Å². The molecule has 0 aliphatic carbocycles. The van der Waals surface area contributed by atoms with Crippen LogP contribution < -0.4 is 5.32 Å². The highest BCUT2D eigenvalue weighted by molar-refractivity contribution is 5.70. The minimum absolute atomic E-state index is 0.0128. The van der Waals surface area contributed by atoms with Crippen LogP contribution in [0.5, 0.6) is 0 Å². The summed E-state index contributed by atoms with van der Waals surface area (Å²) < 4.78 is 19.3. The smallest absolute Gasteiger partial charge is 0.410 e. The summed E-state index contributed by atoms with van der Waals surface area (Å²) in [5.41, 5.74) is -0.114. The van der Waals surface area contributed by atoms with Crippen LogP contribution in [0.25, 0.3) is 0 Å². The molecule has 1 aromatic carbocycles. The van der Waals surface area contributed by atoms with Crippen LogP contribution in [0.4, 0.5) is 20.6 Å². The SMILES string of the molecule is CC(C)(C)OC(=O)N1CCC(Nc2c(F)cccc2N=C=O)CC1. The standard InChI is InChI=1S/C17H22FN3O3/c1-17(2,3)24-16(23)21-9-7-12(8-10-21)20-15-13(18)5-4-6-14(15)19-11-22/h4-6,12,20H,7-10H2,1-3H3. The molecule has 1 amide bonds. The van der Waals surface area contributed by atoms with Crippen LogP contribution in [-0.4, -0.2) is 41.8 Å². The number of hydrogen-bond acceptors (Lipinski definition) is 5. The number of benzene rings is 1. The van der Waals surface area contributed by atoms with Crippen molar-refractivity contribution >= 4 is 23.5 Å². The molecular formula is C17H22FN3O3. The van der Waals surface area contributed by atoms with Gasteiger partial charge < -0.3 is 15.0 Å². The Labute approximate surface area is 140 Å². The third-order valence-electron chi connectivity index (χ3n) is 3.65. The molecule has 2 rings (SSSR count). The summed E-state index contributed by atoms with van der Waals surface area (Å²) in [7, 11) is 0. The van der Waals surface area contributed by atoms with Gasteiger partial charge in [-0.1, -0.05) is 6.07 Å². The van der Waals surface area contributed by atoms with Crippen LogP contribution in [0.3, 0.4) is 0 Å². The predicted molar refractivity (Wildman–Crippen MR) is 88.6 cm³/mol. The largest absolute Gasteiger partial charge is 0.444 e. The Balaban J connectivity index is 1.97. The van der Waals surface area contributed by atoms with Crippen molar-refractivity contribution in [1.29, 1.82) is 0 Å². The summed E-state index contributed by atoms with van der Waals surface area (Å²) in [5.74, 6) is -0.471. The highest BCUT2D eigenvalue weighted by Crippen LogP contribution is 2.29. The number of rotatable bonds is 3. The van der Waals surface area contributed by atoms with Gasteiger partial charge in [-0.15, -0.1) is 0 Å². The number of amides is 1. The summed E-state index contributed by atoms with van der Waals surface area (Å²) in [4.78, 5) is 27.7. The number of likely N-dealkylation sites (tertiary alicyclic amines) is 1. The van der Waals surface area contributed by atoms with Gasteiger partial charge in [0.1, 0.15) is 17.1 Å². The van der Waals surface area contributed by atoms with Crippen molar-refractivity contribution in [2.45, 2.75) is 45.3 Å². The van der Waals surface area contributed by atoms with E-state index >= 15 is 0 Å². The van der Waals surface area contributed by atoms with Crippen molar-refractivity contribution < 1.29 is 18.7 Å². The number of halogens is 1. The van der Waals surface area contributed by atoms with Crippen LogP contribution in [-0.2, 0) is 9.53 Å². The van der Waals surface area contributed by atoms with E-state index in [1.165, 1.54) is 18.2 Å². The Morgan fingerprint density at radius 1 is 1.38 bits per heavy atom. The van der Waals surface area contributed by atoms with Crippen LogP contribution >= 0.6 is 0 Å². The van der Waals surface area contributed by atoms with Crippen molar-refractivity contribution in [2.75, 3.05) is 18.4 Å². The third kappa shape index (κ3) is 4.80. The lowest BCUT2D eigenvalue weighted by Gasteiger charge is -2.34. The quantitative estimate of drug-likeness (QED) is 0.677. The molecule has 1 heterocycles. The molecule has 0 atom stereocenters. The number of isocyanates is 1. The van der Waals surface area contributed by atoms with Crippen molar-refractivity contribution in [3.63, 3.8) is 0 Å². The molecule has 1 aliphatic rings. The second-order valence-electron chi connectivity index (χ2n) is 6.72. The summed E-state index contributed by atoms with van der Waals surface area (Å²) in [6.45, 7) is 6.52. The molecule has 1 fully saturated rings. The van der Waals surface area contributed by atoms with E-state index < -0.39 is 11.4 Å². The van der Waals surface area contributed by atoms with Gasteiger partial charge in [0.2, 0.25) is 6.08 Å². The van der Waals surface area contributed by atoms with E-state index in [0.717, 1.165) is 0 Å². The van der Waals surface area contributed by atoms with E-state index in [1.54, 1.807) is 11.0 Å². The molecule has 1 saturated heterocycles. The van der Waals surface area contributed by atoms with Crippen LogP contribution in [0.2, 0.25) is 0 Å². The first kappa shape index (κ1) is 17.9. The highest BCUT2D eigenvalue weighted by atomic mass is 19.1. The molecule has 0 radical (unpaired) electrons. The number of nitrogens with zero attached hydrogens (tertiary/aromatic N) is 2. The maximum Gasteiger partial charge on any atom is 0.410 e. The first-order valence-corrected chi connectivity index (χ1v) is 7.91. The molecule has 1 N–H and O–H groups in total. The van der Waals surface area contributed by atoms with E-state index in [-0.39, 0.29) is 23.5 Å². The molecule has 0 bridgehead atoms. The number of carbonyl (C=O) groups excluding carboxylic acids is 2. The van der Waals surface area contributed by atoms with E-state index in [4.69, 9.17) is 4.74 Å².